The molecule has 0 saturated carbocycles. The molecule has 0 aromatic carbocycles. The Hall–Kier alpha value is -3.23. The standard InChI is InChI=1S/C23H30N8O/c1-14-6-15(2)31(28-14)21-8-20(24-13-25-21)29-9-16-11-30(12-17(16)10-29)22(32)18-7-19(27-26-18)23(3,4)5/h6-8,13,16-17H,9-12H2,1-5H3,(H,26,27). The van der Waals surface area contributed by atoms with E-state index in [1.165, 1.54) is 0 Å². The van der Waals surface area contributed by atoms with Gasteiger partial charge < -0.3 is 9.80 Å². The first-order chi connectivity index (χ1) is 15.2. The molecule has 1 N–H and O–H groups in total. The van der Waals surface area contributed by atoms with Crippen LogP contribution < -0.4 is 4.90 Å². The number of carbonyl (C=O) groups excluding carboxylic acids is 1. The average molecular weight is 435 g/mol. The molecule has 3 aromatic rings. The van der Waals surface area contributed by atoms with Crippen LogP contribution in [0.25, 0.3) is 5.82 Å². The third-order valence-corrected chi connectivity index (χ3v) is 6.57. The monoisotopic (exact) mass is 434 g/mol. The van der Waals surface area contributed by atoms with Crippen LogP contribution in [0.2, 0.25) is 0 Å². The van der Waals surface area contributed by atoms with E-state index < -0.39 is 0 Å². The van der Waals surface area contributed by atoms with Gasteiger partial charge in [0.25, 0.3) is 5.91 Å². The summed E-state index contributed by atoms with van der Waals surface area (Å²) in [6.07, 6.45) is 1.61. The van der Waals surface area contributed by atoms with Crippen LogP contribution in [0.3, 0.4) is 0 Å². The summed E-state index contributed by atoms with van der Waals surface area (Å²) in [5.41, 5.74) is 3.45. The Kier molecular flexibility index (Phi) is 4.79. The Bertz CT molecular complexity index is 1140. The number of amides is 1. The Morgan fingerprint density at radius 2 is 1.69 bits per heavy atom. The predicted molar refractivity (Wildman–Crippen MR) is 121 cm³/mol. The van der Waals surface area contributed by atoms with Crippen molar-refractivity contribution in [3.05, 3.63) is 47.3 Å². The first kappa shape index (κ1) is 20.7. The average Bonchev–Trinajstić information content (AvgIpc) is 3.49. The van der Waals surface area contributed by atoms with Crippen molar-refractivity contribution in [1.29, 1.82) is 0 Å². The minimum absolute atomic E-state index is 0.0200. The smallest absolute Gasteiger partial charge is 0.274 e. The normalized spacial score (nSPS) is 20.8. The number of rotatable bonds is 3. The van der Waals surface area contributed by atoms with E-state index >= 15 is 0 Å². The molecule has 9 heteroatoms. The fraction of sp³-hybridized carbons (Fsp3) is 0.522. The van der Waals surface area contributed by atoms with E-state index in [2.05, 4.69) is 50.9 Å². The van der Waals surface area contributed by atoms with Crippen molar-refractivity contribution in [2.24, 2.45) is 11.8 Å². The van der Waals surface area contributed by atoms with Crippen LogP contribution >= 0.6 is 0 Å². The molecule has 3 aromatic heterocycles. The molecule has 168 valence electrons. The third kappa shape index (κ3) is 3.65. The maximum atomic E-state index is 13.0. The van der Waals surface area contributed by atoms with Gasteiger partial charge in [0.15, 0.2) is 5.82 Å². The van der Waals surface area contributed by atoms with Crippen molar-refractivity contribution in [3.63, 3.8) is 0 Å². The summed E-state index contributed by atoms with van der Waals surface area (Å²) >= 11 is 0. The van der Waals surface area contributed by atoms with Gasteiger partial charge in [-0.05, 0) is 26.0 Å². The number of anilines is 1. The first-order valence-corrected chi connectivity index (χ1v) is 11.1. The van der Waals surface area contributed by atoms with E-state index in [1.54, 1.807) is 6.33 Å². The third-order valence-electron chi connectivity index (χ3n) is 6.57. The molecular weight excluding hydrogens is 404 g/mol. The highest BCUT2D eigenvalue weighted by molar-refractivity contribution is 5.92. The van der Waals surface area contributed by atoms with Gasteiger partial charge in [-0.25, -0.2) is 14.6 Å². The molecule has 32 heavy (non-hydrogen) atoms. The molecule has 2 unspecified atom stereocenters. The molecular formula is C23H30N8O. The zero-order valence-electron chi connectivity index (χ0n) is 19.3. The molecule has 0 aliphatic carbocycles. The second kappa shape index (κ2) is 7.43. The molecule has 5 rings (SSSR count). The van der Waals surface area contributed by atoms with E-state index in [0.29, 0.717) is 17.5 Å². The number of likely N-dealkylation sites (tertiary alicyclic amines) is 1. The predicted octanol–water partition coefficient (Wildman–Crippen LogP) is 2.51. The lowest BCUT2D eigenvalue weighted by atomic mass is 9.92. The summed E-state index contributed by atoms with van der Waals surface area (Å²) in [6, 6.07) is 5.93. The summed E-state index contributed by atoms with van der Waals surface area (Å²) < 4.78 is 1.85. The van der Waals surface area contributed by atoms with Gasteiger partial charge in [0.1, 0.15) is 17.8 Å². The van der Waals surface area contributed by atoms with Crippen LogP contribution in [0.4, 0.5) is 5.82 Å². The van der Waals surface area contributed by atoms with E-state index in [4.69, 9.17) is 0 Å². The van der Waals surface area contributed by atoms with Gasteiger partial charge in [-0.1, -0.05) is 20.8 Å². The van der Waals surface area contributed by atoms with Crippen LogP contribution in [-0.4, -0.2) is 66.9 Å². The number of fused-ring (bicyclic) bond motifs is 1. The van der Waals surface area contributed by atoms with Crippen LogP contribution in [0.15, 0.2) is 24.5 Å². The lowest BCUT2D eigenvalue weighted by molar-refractivity contribution is 0.0776. The SMILES string of the molecule is Cc1cc(C)n(-c2cc(N3CC4CN(C(=O)c5cc(C(C)(C)C)[nH]n5)CC4C3)ncn2)n1. The van der Waals surface area contributed by atoms with Crippen LogP contribution in [0.5, 0.6) is 0 Å². The largest absolute Gasteiger partial charge is 0.356 e. The number of carbonyl (C=O) groups is 1. The Balaban J connectivity index is 1.26. The highest BCUT2D eigenvalue weighted by Gasteiger charge is 2.42. The van der Waals surface area contributed by atoms with E-state index in [-0.39, 0.29) is 11.3 Å². The summed E-state index contributed by atoms with van der Waals surface area (Å²) in [5.74, 6) is 2.59. The van der Waals surface area contributed by atoms with Crippen LogP contribution in [0.1, 0.15) is 48.3 Å². The van der Waals surface area contributed by atoms with Crippen molar-refractivity contribution in [3.8, 4) is 5.82 Å². The van der Waals surface area contributed by atoms with Gasteiger partial charge in [-0.2, -0.15) is 10.2 Å². The Morgan fingerprint density at radius 3 is 2.28 bits per heavy atom. The molecule has 2 aliphatic rings. The molecule has 9 nitrogen and oxygen atoms in total. The van der Waals surface area contributed by atoms with Gasteiger partial charge in [0.2, 0.25) is 0 Å². The number of nitrogens with one attached hydrogen (secondary N) is 1. The van der Waals surface area contributed by atoms with Crippen LogP contribution in [0, 0.1) is 25.7 Å². The number of aryl methyl sites for hydroxylation is 2. The molecule has 0 spiro atoms. The van der Waals surface area contributed by atoms with Gasteiger partial charge in [0.05, 0.1) is 5.69 Å². The zero-order chi connectivity index (χ0) is 22.6. The van der Waals surface area contributed by atoms with Crippen molar-refractivity contribution < 1.29 is 4.79 Å². The zero-order valence-corrected chi connectivity index (χ0v) is 19.3. The van der Waals surface area contributed by atoms with E-state index in [9.17, 15) is 4.79 Å². The second-order valence-corrected chi connectivity index (χ2v) is 10.1. The van der Waals surface area contributed by atoms with Crippen molar-refractivity contribution in [2.75, 3.05) is 31.1 Å². The molecule has 0 radical (unpaired) electrons. The first-order valence-electron chi connectivity index (χ1n) is 11.1. The van der Waals surface area contributed by atoms with Gasteiger partial charge in [0, 0.05) is 60.9 Å². The lowest BCUT2D eigenvalue weighted by Crippen LogP contribution is -2.33. The molecule has 1 amide bonds. The highest BCUT2D eigenvalue weighted by atomic mass is 16.2. The highest BCUT2D eigenvalue weighted by Crippen LogP contribution is 2.34. The summed E-state index contributed by atoms with van der Waals surface area (Å²) in [6.45, 7) is 13.6. The maximum absolute atomic E-state index is 13.0. The number of hydrogen-bond acceptors (Lipinski definition) is 6. The molecule has 0 bridgehead atoms. The summed E-state index contributed by atoms with van der Waals surface area (Å²) in [4.78, 5) is 26.2. The molecule has 2 aliphatic heterocycles. The second-order valence-electron chi connectivity index (χ2n) is 10.1. The summed E-state index contributed by atoms with van der Waals surface area (Å²) in [5, 5.41) is 11.8. The summed E-state index contributed by atoms with van der Waals surface area (Å²) in [7, 11) is 0. The molecule has 2 fully saturated rings. The quantitative estimate of drug-likeness (QED) is 0.681. The Labute approximate surface area is 187 Å². The lowest BCUT2D eigenvalue weighted by Gasteiger charge is -2.22. The van der Waals surface area contributed by atoms with Gasteiger partial charge in [-0.15, -0.1) is 0 Å². The number of aromatic amines is 1. The minimum Gasteiger partial charge on any atom is -0.356 e. The minimum atomic E-state index is -0.0582. The van der Waals surface area contributed by atoms with Gasteiger partial charge >= 0.3 is 0 Å². The van der Waals surface area contributed by atoms with Crippen molar-refractivity contribution in [2.45, 2.75) is 40.0 Å². The topological polar surface area (TPSA) is 95.8 Å². The maximum Gasteiger partial charge on any atom is 0.274 e. The number of nitrogens with zero attached hydrogens (tertiary/aromatic N) is 7. The van der Waals surface area contributed by atoms with Crippen molar-refractivity contribution >= 4 is 11.7 Å². The van der Waals surface area contributed by atoms with Gasteiger partial charge in [-0.3, -0.25) is 9.89 Å². The van der Waals surface area contributed by atoms with Crippen molar-refractivity contribution in [1.82, 2.24) is 34.8 Å². The fourth-order valence-electron chi connectivity index (χ4n) is 4.81. The molecule has 2 atom stereocenters. The molecule has 5 heterocycles. The fourth-order valence-corrected chi connectivity index (χ4v) is 4.81. The number of H-pyrrole nitrogens is 1. The molecule has 2 saturated heterocycles. The number of aromatic nitrogens is 6. The number of hydrogen-bond donors (Lipinski definition) is 1. The van der Waals surface area contributed by atoms with E-state index in [1.807, 2.05) is 41.6 Å². The van der Waals surface area contributed by atoms with E-state index in [0.717, 1.165) is 54.9 Å². The van der Waals surface area contributed by atoms with Crippen LogP contribution in [-0.2, 0) is 5.41 Å². The Morgan fingerprint density at radius 1 is 1.00 bits per heavy atom.